The SMILES string of the molecule is C1CCC(C2CCCC[N-]2)[N-]C1.C1CCC(C2CCCC[N-]2)[N-]C1.C1CC[N-]CC1.C1CC[N-]CC1.[Ru+8]. The van der Waals surface area contributed by atoms with E-state index in [2.05, 4.69) is 31.9 Å². The Bertz CT molecular complexity index is 379. The van der Waals surface area contributed by atoms with Crippen LogP contribution in [0.5, 0.6) is 0 Å². The first kappa shape index (κ1) is 33.6. The second-order valence-electron chi connectivity index (χ2n) is 11.3. The minimum absolute atomic E-state index is 0. The van der Waals surface area contributed by atoms with Gasteiger partial charge in [0.1, 0.15) is 0 Å². The van der Waals surface area contributed by atoms with Crippen LogP contribution in [0.25, 0.3) is 31.9 Å². The second kappa shape index (κ2) is 23.1. The van der Waals surface area contributed by atoms with E-state index in [1.54, 1.807) is 0 Å². The van der Waals surface area contributed by atoms with E-state index in [0.29, 0.717) is 24.2 Å². The molecule has 4 atom stereocenters. The Morgan fingerprint density at radius 1 is 0.270 bits per heavy atom. The van der Waals surface area contributed by atoms with Crippen LogP contribution >= 0.6 is 0 Å². The fourth-order valence-electron chi connectivity index (χ4n) is 5.98. The summed E-state index contributed by atoms with van der Waals surface area (Å²) in [5, 5.41) is 27.0. The van der Waals surface area contributed by atoms with Crippen LogP contribution in [0.15, 0.2) is 0 Å². The summed E-state index contributed by atoms with van der Waals surface area (Å²) in [5.41, 5.74) is 0. The van der Waals surface area contributed by atoms with E-state index in [9.17, 15) is 0 Å². The van der Waals surface area contributed by atoms with Gasteiger partial charge in [-0.1, -0.05) is 116 Å². The van der Waals surface area contributed by atoms with Gasteiger partial charge in [-0.05, 0) is 0 Å². The van der Waals surface area contributed by atoms with Gasteiger partial charge in [-0.25, -0.2) is 0 Å². The molecule has 212 valence electrons. The summed E-state index contributed by atoms with van der Waals surface area (Å²) in [4.78, 5) is 0. The van der Waals surface area contributed by atoms with Crippen molar-refractivity contribution in [2.24, 2.45) is 0 Å². The van der Waals surface area contributed by atoms with Gasteiger partial charge < -0.3 is 31.9 Å². The van der Waals surface area contributed by atoms with Crippen LogP contribution in [0.3, 0.4) is 0 Å². The topological polar surface area (TPSA) is 84.6 Å². The average Bonchev–Trinajstić information content (AvgIpc) is 3.02. The van der Waals surface area contributed by atoms with E-state index in [1.807, 2.05) is 0 Å². The predicted molar refractivity (Wildman–Crippen MR) is 157 cm³/mol. The first-order valence-electron chi connectivity index (χ1n) is 15.9. The molecular weight excluding hydrogens is 545 g/mol. The van der Waals surface area contributed by atoms with Gasteiger partial charge in [0.25, 0.3) is 0 Å². The predicted octanol–water partition coefficient (Wildman–Crippen LogP) is 8.76. The van der Waals surface area contributed by atoms with Crippen LogP contribution in [-0.2, 0) is 19.5 Å². The second-order valence-corrected chi connectivity index (χ2v) is 11.3. The van der Waals surface area contributed by atoms with Crippen LogP contribution in [0, 0.1) is 0 Å². The minimum atomic E-state index is 0. The standard InChI is InChI=1S/2C10H18N2.2C5H10N.Ru/c2*1-3-7-11-9(5-1)10-6-2-4-8-12-10;2*1-2-4-6-5-3-1;/h2*9-10H,1-8H2;2*1-5H2;/q2*-2;2*-1;+8. The molecule has 0 aromatic rings. The number of hydrogen-bond donors (Lipinski definition) is 0. The fourth-order valence-corrected chi connectivity index (χ4v) is 5.98. The molecule has 0 spiro atoms. The summed E-state index contributed by atoms with van der Waals surface area (Å²) in [5.74, 6) is 0. The molecule has 0 radical (unpaired) electrons. The summed E-state index contributed by atoms with van der Waals surface area (Å²) in [7, 11) is 0. The van der Waals surface area contributed by atoms with E-state index >= 15 is 0 Å². The smallest absolute Gasteiger partial charge is 0.662 e. The quantitative estimate of drug-likeness (QED) is 0.283. The van der Waals surface area contributed by atoms with Crippen molar-refractivity contribution in [3.05, 3.63) is 31.9 Å². The molecule has 6 heterocycles. The van der Waals surface area contributed by atoms with E-state index in [0.717, 1.165) is 52.4 Å². The van der Waals surface area contributed by atoms with Gasteiger partial charge in [0.05, 0.1) is 0 Å². The third-order valence-corrected chi connectivity index (χ3v) is 8.24. The minimum Gasteiger partial charge on any atom is -0.662 e. The van der Waals surface area contributed by atoms with Crippen LogP contribution in [0.2, 0.25) is 0 Å². The molecule has 6 nitrogen and oxygen atoms in total. The zero-order valence-electron chi connectivity index (χ0n) is 23.7. The third-order valence-electron chi connectivity index (χ3n) is 8.24. The van der Waals surface area contributed by atoms with Gasteiger partial charge >= 0.3 is 19.5 Å². The zero-order valence-corrected chi connectivity index (χ0v) is 25.5. The molecule has 6 aliphatic rings. The van der Waals surface area contributed by atoms with E-state index in [-0.39, 0.29) is 19.5 Å². The molecule has 0 saturated carbocycles. The van der Waals surface area contributed by atoms with Crippen molar-refractivity contribution in [2.75, 3.05) is 52.4 Å². The molecule has 0 bridgehead atoms. The van der Waals surface area contributed by atoms with E-state index < -0.39 is 0 Å². The number of hydrogen-bond acceptors (Lipinski definition) is 0. The molecule has 6 fully saturated rings. The fraction of sp³-hybridized carbons (Fsp3) is 1.00. The summed E-state index contributed by atoms with van der Waals surface area (Å²) >= 11 is 0. The Hall–Kier alpha value is 0.383. The van der Waals surface area contributed by atoms with Gasteiger partial charge in [0.15, 0.2) is 0 Å². The summed E-state index contributed by atoms with van der Waals surface area (Å²) < 4.78 is 0. The van der Waals surface area contributed by atoms with Gasteiger partial charge in [-0.2, -0.15) is 24.2 Å². The maximum absolute atomic E-state index is 4.66. The van der Waals surface area contributed by atoms with Crippen molar-refractivity contribution >= 4 is 0 Å². The zero-order chi connectivity index (χ0) is 24.9. The number of nitrogens with zero attached hydrogens (tertiary/aromatic N) is 6. The molecule has 4 unspecified atom stereocenters. The molecular formula is C30H56N6Ru+2. The monoisotopic (exact) mass is 602 g/mol. The van der Waals surface area contributed by atoms with Crippen molar-refractivity contribution in [3.8, 4) is 0 Å². The Balaban J connectivity index is 0.000000181. The van der Waals surface area contributed by atoms with Gasteiger partial charge in [0.2, 0.25) is 0 Å². The molecule has 6 aliphatic heterocycles. The molecule has 0 aromatic heterocycles. The molecule has 6 rings (SSSR count). The van der Waals surface area contributed by atoms with Crippen LogP contribution in [0.1, 0.15) is 116 Å². The maximum Gasteiger partial charge on any atom is 8.00 e. The van der Waals surface area contributed by atoms with Crippen molar-refractivity contribution in [1.82, 2.24) is 0 Å². The van der Waals surface area contributed by atoms with Gasteiger partial charge in [0, 0.05) is 0 Å². The maximum atomic E-state index is 4.66. The Morgan fingerprint density at radius 2 is 0.514 bits per heavy atom. The molecule has 0 amide bonds. The summed E-state index contributed by atoms with van der Waals surface area (Å²) in [6.45, 7) is 8.88. The van der Waals surface area contributed by atoms with Crippen molar-refractivity contribution in [2.45, 2.75) is 140 Å². The largest absolute Gasteiger partial charge is 8.00 e. The van der Waals surface area contributed by atoms with Crippen molar-refractivity contribution in [3.63, 3.8) is 0 Å². The van der Waals surface area contributed by atoms with Crippen molar-refractivity contribution < 1.29 is 19.5 Å². The van der Waals surface area contributed by atoms with Crippen LogP contribution in [-0.4, -0.2) is 76.5 Å². The first-order chi connectivity index (χ1) is 17.9. The number of rotatable bonds is 2. The van der Waals surface area contributed by atoms with E-state index in [4.69, 9.17) is 0 Å². The van der Waals surface area contributed by atoms with Crippen molar-refractivity contribution in [1.29, 1.82) is 0 Å². The summed E-state index contributed by atoms with van der Waals surface area (Å²) in [6, 6.07) is 2.39. The third kappa shape index (κ3) is 15.7. The Labute approximate surface area is 242 Å². The molecule has 0 aromatic carbocycles. The molecule has 7 heteroatoms. The Morgan fingerprint density at radius 3 is 0.649 bits per heavy atom. The van der Waals surface area contributed by atoms with Crippen LogP contribution < -0.4 is 0 Å². The number of piperidine rings is 6. The summed E-state index contributed by atoms with van der Waals surface area (Å²) in [6.07, 6.45) is 24.1. The molecule has 6 saturated heterocycles. The first-order valence-corrected chi connectivity index (χ1v) is 15.9. The molecule has 0 N–H and O–H groups in total. The normalized spacial score (nSPS) is 32.4. The van der Waals surface area contributed by atoms with E-state index in [1.165, 1.54) is 116 Å². The average molecular weight is 602 g/mol. The molecule has 37 heavy (non-hydrogen) atoms. The molecule has 0 aliphatic carbocycles. The van der Waals surface area contributed by atoms with Crippen LogP contribution in [0.4, 0.5) is 0 Å². The van der Waals surface area contributed by atoms with Gasteiger partial charge in [-0.3, -0.25) is 0 Å². The van der Waals surface area contributed by atoms with Gasteiger partial charge in [-0.15, -0.1) is 52.4 Å². The Kier molecular flexibility index (Phi) is 21.0.